The van der Waals surface area contributed by atoms with E-state index in [2.05, 4.69) is 13.8 Å². The minimum absolute atomic E-state index is 0.238. The molecule has 2 aliphatic rings. The Bertz CT molecular complexity index is 321. The maximum absolute atomic E-state index is 6.04. The van der Waals surface area contributed by atoms with Gasteiger partial charge < -0.3 is 4.74 Å². The molecule has 0 aliphatic heterocycles. The van der Waals surface area contributed by atoms with Gasteiger partial charge in [-0.3, -0.25) is 0 Å². The highest BCUT2D eigenvalue weighted by molar-refractivity contribution is 4.90. The Labute approximate surface area is 158 Å². The second-order valence-electron chi connectivity index (χ2n) is 9.31. The molecule has 0 aromatic heterocycles. The molecule has 1 heteroatoms. The summed E-state index contributed by atoms with van der Waals surface area (Å²) in [6, 6.07) is 0. The van der Waals surface area contributed by atoms with Gasteiger partial charge in [-0.25, -0.2) is 0 Å². The summed E-state index contributed by atoms with van der Waals surface area (Å²) in [7, 11) is 1.97. The van der Waals surface area contributed by atoms with Crippen LogP contribution in [0.1, 0.15) is 123 Å². The Kier molecular flexibility index (Phi) is 9.89. The Hall–Kier alpha value is -0.0400. The average Bonchev–Trinajstić information content (AvgIpc) is 2.67. The SMILES string of the molecule is CCCCCCC1CCC(C2CCC(CCCCC)(OC)CC2)CC1. The lowest BCUT2D eigenvalue weighted by molar-refractivity contribution is -0.0639. The molecular formula is C24H46O. The zero-order valence-electron chi connectivity index (χ0n) is 17.7. The van der Waals surface area contributed by atoms with Crippen LogP contribution >= 0.6 is 0 Å². The maximum Gasteiger partial charge on any atom is 0.0679 e. The zero-order chi connectivity index (χ0) is 18.0. The summed E-state index contributed by atoms with van der Waals surface area (Å²) in [5, 5.41) is 0. The van der Waals surface area contributed by atoms with Crippen molar-refractivity contribution in [2.24, 2.45) is 17.8 Å². The molecule has 0 saturated heterocycles. The van der Waals surface area contributed by atoms with E-state index in [0.717, 1.165) is 17.8 Å². The normalized spacial score (nSPS) is 33.5. The molecule has 0 heterocycles. The fourth-order valence-corrected chi connectivity index (χ4v) is 5.70. The second kappa shape index (κ2) is 11.6. The van der Waals surface area contributed by atoms with Gasteiger partial charge in [0.05, 0.1) is 5.60 Å². The predicted molar refractivity (Wildman–Crippen MR) is 110 cm³/mol. The molecule has 148 valence electrons. The Morgan fingerprint density at radius 3 is 1.92 bits per heavy atom. The first-order chi connectivity index (χ1) is 12.2. The third kappa shape index (κ3) is 6.89. The average molecular weight is 351 g/mol. The molecule has 0 aromatic rings. The first-order valence-corrected chi connectivity index (χ1v) is 11.8. The van der Waals surface area contributed by atoms with E-state index in [1.165, 1.54) is 109 Å². The lowest BCUT2D eigenvalue weighted by atomic mass is 9.67. The van der Waals surface area contributed by atoms with Crippen molar-refractivity contribution in [1.82, 2.24) is 0 Å². The van der Waals surface area contributed by atoms with Crippen molar-refractivity contribution in [2.75, 3.05) is 7.11 Å². The number of hydrogen-bond donors (Lipinski definition) is 0. The fraction of sp³-hybridized carbons (Fsp3) is 1.00. The van der Waals surface area contributed by atoms with E-state index < -0.39 is 0 Å². The van der Waals surface area contributed by atoms with Gasteiger partial charge in [0, 0.05) is 7.11 Å². The molecule has 25 heavy (non-hydrogen) atoms. The summed E-state index contributed by atoms with van der Waals surface area (Å²) >= 11 is 0. The van der Waals surface area contributed by atoms with E-state index in [0.29, 0.717) is 0 Å². The minimum Gasteiger partial charge on any atom is -0.378 e. The van der Waals surface area contributed by atoms with Crippen molar-refractivity contribution >= 4 is 0 Å². The molecule has 2 rings (SSSR count). The third-order valence-electron chi connectivity index (χ3n) is 7.63. The third-order valence-corrected chi connectivity index (χ3v) is 7.63. The van der Waals surface area contributed by atoms with Crippen molar-refractivity contribution in [3.63, 3.8) is 0 Å². The van der Waals surface area contributed by atoms with Crippen molar-refractivity contribution in [1.29, 1.82) is 0 Å². The van der Waals surface area contributed by atoms with Crippen LogP contribution in [-0.4, -0.2) is 12.7 Å². The van der Waals surface area contributed by atoms with Crippen molar-refractivity contribution < 1.29 is 4.74 Å². The van der Waals surface area contributed by atoms with Crippen LogP contribution in [0.3, 0.4) is 0 Å². The number of unbranched alkanes of at least 4 members (excludes halogenated alkanes) is 5. The van der Waals surface area contributed by atoms with E-state index in [1.807, 2.05) is 7.11 Å². The molecular weight excluding hydrogens is 304 g/mol. The fourth-order valence-electron chi connectivity index (χ4n) is 5.70. The molecule has 2 saturated carbocycles. The van der Waals surface area contributed by atoms with E-state index in [-0.39, 0.29) is 5.60 Å². The van der Waals surface area contributed by atoms with E-state index in [4.69, 9.17) is 4.74 Å². The summed E-state index contributed by atoms with van der Waals surface area (Å²) in [5.41, 5.74) is 0.238. The van der Waals surface area contributed by atoms with Crippen molar-refractivity contribution in [2.45, 2.75) is 129 Å². The largest absolute Gasteiger partial charge is 0.378 e. The van der Waals surface area contributed by atoms with Crippen LogP contribution in [-0.2, 0) is 4.74 Å². The van der Waals surface area contributed by atoms with E-state index in [1.54, 1.807) is 0 Å². The first-order valence-electron chi connectivity index (χ1n) is 11.8. The summed E-state index contributed by atoms with van der Waals surface area (Å²) in [6.45, 7) is 4.62. The lowest BCUT2D eigenvalue weighted by Crippen LogP contribution is -2.38. The lowest BCUT2D eigenvalue weighted by Gasteiger charge is -2.43. The highest BCUT2D eigenvalue weighted by atomic mass is 16.5. The van der Waals surface area contributed by atoms with E-state index in [9.17, 15) is 0 Å². The van der Waals surface area contributed by atoms with Gasteiger partial charge in [-0.1, -0.05) is 78.1 Å². The van der Waals surface area contributed by atoms with Crippen LogP contribution in [0, 0.1) is 17.8 Å². The number of methoxy groups -OCH3 is 1. The Balaban J connectivity index is 1.66. The number of ether oxygens (including phenoxy) is 1. The van der Waals surface area contributed by atoms with Crippen LogP contribution in [0.15, 0.2) is 0 Å². The molecule has 2 fully saturated rings. The quantitative estimate of drug-likeness (QED) is 0.344. The number of hydrogen-bond acceptors (Lipinski definition) is 1. The molecule has 1 nitrogen and oxygen atoms in total. The van der Waals surface area contributed by atoms with Crippen molar-refractivity contribution in [3.8, 4) is 0 Å². The smallest absolute Gasteiger partial charge is 0.0679 e. The highest BCUT2D eigenvalue weighted by Gasteiger charge is 2.38. The van der Waals surface area contributed by atoms with Gasteiger partial charge in [0.1, 0.15) is 0 Å². The zero-order valence-corrected chi connectivity index (χ0v) is 17.7. The summed E-state index contributed by atoms with van der Waals surface area (Å²) < 4.78 is 6.04. The molecule has 0 spiro atoms. The summed E-state index contributed by atoms with van der Waals surface area (Å²) in [4.78, 5) is 0. The molecule has 0 unspecified atom stereocenters. The van der Waals surface area contributed by atoms with Gasteiger partial charge in [-0.05, 0) is 62.7 Å². The topological polar surface area (TPSA) is 9.23 Å². The Morgan fingerprint density at radius 2 is 1.32 bits per heavy atom. The van der Waals surface area contributed by atoms with Crippen LogP contribution in [0.5, 0.6) is 0 Å². The van der Waals surface area contributed by atoms with Crippen molar-refractivity contribution in [3.05, 3.63) is 0 Å². The molecule has 0 aromatic carbocycles. The minimum atomic E-state index is 0.238. The standard InChI is InChI=1S/C24H46O/c1-4-6-8-9-11-21-12-14-22(15-13-21)23-16-19-24(25-3,20-17-23)18-10-7-5-2/h21-23H,4-20H2,1-3H3. The van der Waals surface area contributed by atoms with Gasteiger partial charge >= 0.3 is 0 Å². The van der Waals surface area contributed by atoms with Gasteiger partial charge in [0.25, 0.3) is 0 Å². The van der Waals surface area contributed by atoms with Gasteiger partial charge in [0.2, 0.25) is 0 Å². The van der Waals surface area contributed by atoms with Crippen LogP contribution in [0.2, 0.25) is 0 Å². The monoisotopic (exact) mass is 350 g/mol. The molecule has 0 bridgehead atoms. The molecule has 0 N–H and O–H groups in total. The summed E-state index contributed by atoms with van der Waals surface area (Å²) in [6.07, 6.45) is 24.3. The van der Waals surface area contributed by atoms with Crippen LogP contribution < -0.4 is 0 Å². The van der Waals surface area contributed by atoms with Crippen LogP contribution in [0.25, 0.3) is 0 Å². The molecule has 2 aliphatic carbocycles. The molecule has 0 atom stereocenters. The highest BCUT2D eigenvalue weighted by Crippen LogP contribution is 2.45. The van der Waals surface area contributed by atoms with Crippen LogP contribution in [0.4, 0.5) is 0 Å². The van der Waals surface area contributed by atoms with Gasteiger partial charge in [-0.15, -0.1) is 0 Å². The first kappa shape index (κ1) is 21.3. The molecule has 0 amide bonds. The molecule has 0 radical (unpaired) electrons. The second-order valence-corrected chi connectivity index (χ2v) is 9.31. The number of rotatable bonds is 11. The van der Waals surface area contributed by atoms with Gasteiger partial charge in [0.15, 0.2) is 0 Å². The summed E-state index contributed by atoms with van der Waals surface area (Å²) in [5.74, 6) is 3.11. The predicted octanol–water partition coefficient (Wildman–Crippen LogP) is 7.92. The maximum atomic E-state index is 6.04. The van der Waals surface area contributed by atoms with E-state index >= 15 is 0 Å². The Morgan fingerprint density at radius 1 is 0.720 bits per heavy atom. The van der Waals surface area contributed by atoms with Gasteiger partial charge in [-0.2, -0.15) is 0 Å².